The third-order valence-corrected chi connectivity index (χ3v) is 16.7. The predicted octanol–water partition coefficient (Wildman–Crippen LogP) is 3.68. The van der Waals surface area contributed by atoms with Gasteiger partial charge in [-0.2, -0.15) is 0 Å². The van der Waals surface area contributed by atoms with E-state index in [1.165, 1.54) is 0 Å². The average molecular weight is 444 g/mol. The molecule has 0 aliphatic rings. The van der Waals surface area contributed by atoms with Crippen molar-refractivity contribution in [3.05, 3.63) is 0 Å². The molecule has 0 rings (SSSR count). The van der Waals surface area contributed by atoms with Crippen LogP contribution in [-0.2, 0) is 22.6 Å². The second kappa shape index (κ2) is 13.8. The minimum atomic E-state index is -2.38. The zero-order chi connectivity index (χ0) is 21.5. The lowest BCUT2D eigenvalue weighted by atomic mass is 10.5. The molecular weight excluding hydrogens is 410 g/mol. The first-order chi connectivity index (χ1) is 13.1. The van der Waals surface area contributed by atoms with Crippen LogP contribution in [0.4, 0.5) is 0 Å². The van der Waals surface area contributed by atoms with E-state index in [4.69, 9.17) is 8.23 Å². The minimum absolute atomic E-state index is 0.447. The summed E-state index contributed by atoms with van der Waals surface area (Å²) in [5, 5.41) is 0. The summed E-state index contributed by atoms with van der Waals surface area (Å²) in [4.78, 5) is 41.6. The normalized spacial score (nSPS) is 13.6. The Morgan fingerprint density at radius 1 is 0.643 bits per heavy atom. The topological polar surface area (TPSA) is 107 Å². The fourth-order valence-electron chi connectivity index (χ4n) is 3.34. The van der Waals surface area contributed by atoms with Gasteiger partial charge in [0.2, 0.25) is 18.2 Å². The van der Waals surface area contributed by atoms with Crippen molar-refractivity contribution < 1.29 is 22.6 Å². The highest BCUT2D eigenvalue weighted by Gasteiger charge is 2.41. The first-order valence-electron chi connectivity index (χ1n) is 9.61. The zero-order valence-corrected chi connectivity index (χ0v) is 20.7. The van der Waals surface area contributed by atoms with Crippen molar-refractivity contribution in [2.75, 3.05) is 19.6 Å². The number of carbonyl (C=O) groups excluding carboxylic acids is 3. The highest BCUT2D eigenvalue weighted by molar-refractivity contribution is 6.88. The monoisotopic (exact) mass is 443 g/mol. The van der Waals surface area contributed by atoms with Gasteiger partial charge in [0.05, 0.1) is 19.6 Å². The van der Waals surface area contributed by atoms with Crippen molar-refractivity contribution in [1.29, 1.82) is 0 Å². The first kappa shape index (κ1) is 26.7. The maximum Gasteiger partial charge on any atom is 0.311 e. The number of hydrogen-bond donors (Lipinski definition) is 0. The van der Waals surface area contributed by atoms with Crippen LogP contribution in [0.2, 0.25) is 50.9 Å². The van der Waals surface area contributed by atoms with Gasteiger partial charge in [-0.3, -0.25) is 0 Å². The highest BCUT2D eigenvalue weighted by Crippen LogP contribution is 2.29. The number of aliphatic imine (C=N–C) groups is 3. The van der Waals surface area contributed by atoms with Crippen LogP contribution in [-0.4, -0.2) is 63.1 Å². The third kappa shape index (κ3) is 13.8. The van der Waals surface area contributed by atoms with Crippen molar-refractivity contribution in [1.82, 2.24) is 0 Å². The Morgan fingerprint density at radius 2 is 1.04 bits per heavy atom. The lowest BCUT2D eigenvalue weighted by Gasteiger charge is -2.40. The lowest BCUT2D eigenvalue weighted by molar-refractivity contribution is 0.382. The van der Waals surface area contributed by atoms with Crippen LogP contribution >= 0.6 is 0 Å². The van der Waals surface area contributed by atoms with Crippen molar-refractivity contribution in [3.8, 4) is 0 Å². The Morgan fingerprint density at radius 3 is 1.43 bits per heavy atom. The standard InChI is InChI=1S/C17H33N3O5Si3/c1-26(2,12-6-9-18-15-21)24-27(3,4)25-28(5,13-7-10-19-16-22)14-8-11-20-17-23/h6-14H2,1-5H3. The molecule has 0 spiro atoms. The van der Waals surface area contributed by atoms with Crippen LogP contribution in [0.3, 0.4) is 0 Å². The Labute approximate surface area is 171 Å². The molecule has 0 aromatic carbocycles. The first-order valence-corrected chi connectivity index (χ1v) is 18.4. The van der Waals surface area contributed by atoms with Crippen LogP contribution in [0, 0.1) is 0 Å². The fourth-order valence-corrected chi connectivity index (χ4v) is 18.3. The number of rotatable bonds is 16. The highest BCUT2D eigenvalue weighted by atomic mass is 28.5. The van der Waals surface area contributed by atoms with Crippen LogP contribution in [0.1, 0.15) is 19.3 Å². The average Bonchev–Trinajstić information content (AvgIpc) is 2.58. The molecule has 28 heavy (non-hydrogen) atoms. The van der Waals surface area contributed by atoms with E-state index in [1.54, 1.807) is 18.2 Å². The number of nitrogens with zero attached hydrogens (tertiary/aromatic N) is 3. The maximum absolute atomic E-state index is 10.3. The lowest BCUT2D eigenvalue weighted by Crippen LogP contribution is -2.53. The maximum atomic E-state index is 10.3. The van der Waals surface area contributed by atoms with Crippen LogP contribution in [0.25, 0.3) is 0 Å². The van der Waals surface area contributed by atoms with E-state index in [0.29, 0.717) is 19.6 Å². The SMILES string of the molecule is C[Si](C)(CCCN=C=O)O[Si](C)(C)O[Si](C)(CCCN=C=O)CCCN=C=O. The van der Waals surface area contributed by atoms with Crippen LogP contribution in [0.5, 0.6) is 0 Å². The predicted molar refractivity (Wildman–Crippen MR) is 116 cm³/mol. The molecule has 0 bridgehead atoms. The molecule has 0 radical (unpaired) electrons. The molecule has 0 saturated heterocycles. The van der Waals surface area contributed by atoms with E-state index >= 15 is 0 Å². The van der Waals surface area contributed by atoms with E-state index in [1.807, 2.05) is 0 Å². The van der Waals surface area contributed by atoms with Crippen molar-refractivity contribution in [2.24, 2.45) is 15.0 Å². The molecule has 0 aliphatic carbocycles. The number of isocyanates is 3. The largest absolute Gasteiger partial charge is 0.437 e. The van der Waals surface area contributed by atoms with E-state index in [2.05, 4.69) is 47.7 Å². The van der Waals surface area contributed by atoms with Crippen LogP contribution < -0.4 is 0 Å². The van der Waals surface area contributed by atoms with E-state index < -0.39 is 25.2 Å². The molecule has 158 valence electrons. The minimum Gasteiger partial charge on any atom is -0.437 e. The van der Waals surface area contributed by atoms with E-state index in [-0.39, 0.29) is 0 Å². The quantitative estimate of drug-likeness (QED) is 0.156. The smallest absolute Gasteiger partial charge is 0.311 e. The summed E-state index contributed by atoms with van der Waals surface area (Å²) in [7, 11) is -6.45. The zero-order valence-electron chi connectivity index (χ0n) is 17.7. The van der Waals surface area contributed by atoms with Gasteiger partial charge < -0.3 is 8.23 Å². The van der Waals surface area contributed by atoms with Gasteiger partial charge in [-0.1, -0.05) is 0 Å². The third-order valence-electron chi connectivity index (χ3n) is 4.21. The van der Waals surface area contributed by atoms with E-state index in [9.17, 15) is 14.4 Å². The fraction of sp³-hybridized carbons (Fsp3) is 0.824. The molecular formula is C17H33N3O5Si3. The van der Waals surface area contributed by atoms with Gasteiger partial charge >= 0.3 is 8.56 Å². The molecule has 0 atom stereocenters. The molecule has 11 heteroatoms. The summed E-state index contributed by atoms with van der Waals surface area (Å²) in [5.74, 6) is 0. The summed E-state index contributed by atoms with van der Waals surface area (Å²) in [5.41, 5.74) is 0. The van der Waals surface area contributed by atoms with Crippen molar-refractivity contribution >= 4 is 43.4 Å². The van der Waals surface area contributed by atoms with Crippen molar-refractivity contribution in [2.45, 2.75) is 70.1 Å². The molecule has 0 unspecified atom stereocenters. The van der Waals surface area contributed by atoms with Gasteiger partial charge in [0.1, 0.15) is 0 Å². The molecule has 8 nitrogen and oxygen atoms in total. The summed E-state index contributed by atoms with van der Waals surface area (Å²) < 4.78 is 13.2. The summed E-state index contributed by atoms with van der Waals surface area (Å²) in [6.45, 7) is 12.0. The summed E-state index contributed by atoms with van der Waals surface area (Å²) in [6.07, 6.45) is 7.05. The Bertz CT molecular complexity index is 587. The summed E-state index contributed by atoms with van der Waals surface area (Å²) in [6, 6.07) is 2.62. The second-order valence-electron chi connectivity index (χ2n) is 8.04. The molecule has 0 aromatic heterocycles. The van der Waals surface area contributed by atoms with Crippen LogP contribution in [0.15, 0.2) is 15.0 Å². The van der Waals surface area contributed by atoms with Gasteiger partial charge in [-0.15, -0.1) is 0 Å². The molecule has 0 amide bonds. The Kier molecular flexibility index (Phi) is 13.2. The molecule has 0 fully saturated rings. The summed E-state index contributed by atoms with van der Waals surface area (Å²) >= 11 is 0. The van der Waals surface area contributed by atoms with Gasteiger partial charge in [0, 0.05) is 0 Å². The molecule has 0 heterocycles. The molecule has 0 aliphatic heterocycles. The van der Waals surface area contributed by atoms with Gasteiger partial charge in [0.15, 0.2) is 16.6 Å². The van der Waals surface area contributed by atoms with Gasteiger partial charge in [-0.25, -0.2) is 29.4 Å². The van der Waals surface area contributed by atoms with E-state index in [0.717, 1.165) is 37.4 Å². The molecule has 0 saturated carbocycles. The molecule has 0 aromatic rings. The Hall–Kier alpha value is -1.29. The molecule has 0 N–H and O–H groups in total. The van der Waals surface area contributed by atoms with Gasteiger partial charge in [0.25, 0.3) is 0 Å². The second-order valence-corrected chi connectivity index (χ2v) is 20.4. The number of hydrogen-bond acceptors (Lipinski definition) is 8. The van der Waals surface area contributed by atoms with Gasteiger partial charge in [-0.05, 0) is 70.1 Å². The van der Waals surface area contributed by atoms with Crippen molar-refractivity contribution in [3.63, 3.8) is 0 Å². The Balaban J connectivity index is 4.97.